The Hall–Kier alpha value is -2.31. The number of urea groups is 1. The van der Waals surface area contributed by atoms with Gasteiger partial charge in [-0.05, 0) is 32.9 Å². The summed E-state index contributed by atoms with van der Waals surface area (Å²) >= 11 is 0. The van der Waals surface area contributed by atoms with E-state index in [0.717, 1.165) is 0 Å². The number of ether oxygens (including phenoxy) is 1. The van der Waals surface area contributed by atoms with Crippen LogP contribution in [-0.4, -0.2) is 29.1 Å². The van der Waals surface area contributed by atoms with Gasteiger partial charge in [0.05, 0.1) is 11.8 Å². The normalized spacial score (nSPS) is 11.8. The fourth-order valence-corrected chi connectivity index (χ4v) is 1.35. The third-order valence-corrected chi connectivity index (χ3v) is 2.13. The Bertz CT molecular complexity index is 462. The summed E-state index contributed by atoms with van der Waals surface area (Å²) in [6, 6.07) is 1.92. The van der Waals surface area contributed by atoms with Crippen LogP contribution >= 0.6 is 0 Å². The lowest BCUT2D eigenvalue weighted by molar-refractivity contribution is -0.120. The molecule has 7 nitrogen and oxygen atoms in total. The first kappa shape index (κ1) is 14.7. The maximum atomic E-state index is 11.6. The minimum atomic E-state index is -0.886. The fourth-order valence-electron chi connectivity index (χ4n) is 1.35. The predicted molar refractivity (Wildman–Crippen MR) is 70.8 cm³/mol. The Kier molecular flexibility index (Phi) is 5.11. The van der Waals surface area contributed by atoms with E-state index in [1.165, 1.54) is 0 Å². The summed E-state index contributed by atoms with van der Waals surface area (Å²) in [6.07, 6.45) is 1.56. The summed E-state index contributed by atoms with van der Waals surface area (Å²) in [7, 11) is 0. The van der Waals surface area contributed by atoms with Crippen molar-refractivity contribution in [2.75, 3.05) is 5.32 Å². The number of amides is 3. The molecule has 1 heterocycles. The second kappa shape index (κ2) is 6.58. The molecular formula is C12H18N4O3. The number of primary amides is 1. The molecular weight excluding hydrogens is 248 g/mol. The number of aromatic nitrogens is 1. The molecule has 7 heteroatoms. The lowest BCUT2D eigenvalue weighted by Gasteiger charge is -2.17. The highest BCUT2D eigenvalue weighted by atomic mass is 16.5. The van der Waals surface area contributed by atoms with Crippen LogP contribution in [0.1, 0.15) is 20.8 Å². The fraction of sp³-hybridized carbons (Fsp3) is 0.417. The highest BCUT2D eigenvalue weighted by molar-refractivity contribution is 5.97. The second-order valence-corrected chi connectivity index (χ2v) is 4.24. The Balaban J connectivity index is 2.75. The Labute approximate surface area is 111 Å². The Morgan fingerprint density at radius 3 is 2.63 bits per heavy atom. The predicted octanol–water partition coefficient (Wildman–Crippen LogP) is 0.864. The van der Waals surface area contributed by atoms with Crippen LogP contribution in [0.3, 0.4) is 0 Å². The van der Waals surface area contributed by atoms with Crippen LogP contribution in [-0.2, 0) is 4.79 Å². The van der Waals surface area contributed by atoms with Crippen molar-refractivity contribution in [3.63, 3.8) is 0 Å². The first-order valence-corrected chi connectivity index (χ1v) is 5.88. The molecule has 1 aromatic rings. The highest BCUT2D eigenvalue weighted by Crippen LogP contribution is 2.22. The van der Waals surface area contributed by atoms with Crippen molar-refractivity contribution in [2.24, 2.45) is 5.73 Å². The average molecular weight is 266 g/mol. The number of nitrogens with zero attached hydrogens (tertiary/aromatic N) is 1. The molecule has 0 saturated carbocycles. The molecule has 3 amide bonds. The monoisotopic (exact) mass is 266 g/mol. The Morgan fingerprint density at radius 2 is 2.05 bits per heavy atom. The van der Waals surface area contributed by atoms with Crippen molar-refractivity contribution in [3.05, 3.63) is 18.3 Å². The van der Waals surface area contributed by atoms with Crippen LogP contribution in [0.15, 0.2) is 18.3 Å². The van der Waals surface area contributed by atoms with E-state index in [-0.39, 0.29) is 6.10 Å². The molecule has 0 saturated heterocycles. The van der Waals surface area contributed by atoms with Crippen molar-refractivity contribution in [1.82, 2.24) is 10.3 Å². The first-order valence-electron chi connectivity index (χ1n) is 5.88. The number of carbonyl (C=O) groups excluding carboxylic acids is 2. The lowest BCUT2D eigenvalue weighted by atomic mass is 10.3. The number of imide groups is 1. The van der Waals surface area contributed by atoms with Gasteiger partial charge in [-0.3, -0.25) is 10.1 Å². The smallest absolute Gasteiger partial charge is 0.318 e. The number of anilines is 1. The van der Waals surface area contributed by atoms with Gasteiger partial charge >= 0.3 is 6.03 Å². The molecule has 0 bridgehead atoms. The molecule has 1 aromatic heterocycles. The number of hydrogen-bond acceptors (Lipinski definition) is 5. The molecule has 0 fully saturated rings. The van der Waals surface area contributed by atoms with Gasteiger partial charge in [-0.2, -0.15) is 0 Å². The molecule has 1 rings (SSSR count). The number of pyridine rings is 1. The zero-order valence-electron chi connectivity index (χ0n) is 11.1. The number of nitrogens with one attached hydrogen (secondary N) is 2. The van der Waals surface area contributed by atoms with Crippen molar-refractivity contribution in [1.29, 1.82) is 0 Å². The molecule has 0 aliphatic heterocycles. The largest absolute Gasteiger partial charge is 0.473 e. The molecule has 19 heavy (non-hydrogen) atoms. The zero-order valence-corrected chi connectivity index (χ0v) is 11.1. The van der Waals surface area contributed by atoms with E-state index in [1.807, 2.05) is 19.2 Å². The molecule has 0 aromatic carbocycles. The third kappa shape index (κ3) is 4.82. The quantitative estimate of drug-likeness (QED) is 0.733. The Morgan fingerprint density at radius 1 is 1.37 bits per heavy atom. The standard InChI is InChI=1S/C12H18N4O3/c1-7(2)19-11-9(5-4-6-14-11)15-8(3)10(17)16-12(13)18/h4-8,15H,1-3H3,(H3,13,16,17,18). The summed E-state index contributed by atoms with van der Waals surface area (Å²) < 4.78 is 5.51. The van der Waals surface area contributed by atoms with Gasteiger partial charge in [-0.1, -0.05) is 0 Å². The molecule has 1 unspecified atom stereocenters. The summed E-state index contributed by atoms with van der Waals surface area (Å²) in [4.78, 5) is 26.2. The third-order valence-electron chi connectivity index (χ3n) is 2.13. The minimum absolute atomic E-state index is 0.0368. The highest BCUT2D eigenvalue weighted by Gasteiger charge is 2.16. The van der Waals surface area contributed by atoms with Gasteiger partial charge in [0, 0.05) is 6.20 Å². The summed E-state index contributed by atoms with van der Waals surface area (Å²) in [5, 5.41) is 4.91. The van der Waals surface area contributed by atoms with Crippen LogP contribution in [0, 0.1) is 0 Å². The van der Waals surface area contributed by atoms with Crippen LogP contribution in [0.2, 0.25) is 0 Å². The minimum Gasteiger partial charge on any atom is -0.473 e. The maximum Gasteiger partial charge on any atom is 0.318 e. The van der Waals surface area contributed by atoms with E-state index in [1.54, 1.807) is 25.3 Å². The van der Waals surface area contributed by atoms with Crippen molar-refractivity contribution in [3.8, 4) is 5.88 Å². The van der Waals surface area contributed by atoms with Crippen molar-refractivity contribution < 1.29 is 14.3 Å². The average Bonchev–Trinajstić information content (AvgIpc) is 2.30. The van der Waals surface area contributed by atoms with Crippen LogP contribution in [0.25, 0.3) is 0 Å². The van der Waals surface area contributed by atoms with E-state index in [2.05, 4.69) is 10.3 Å². The van der Waals surface area contributed by atoms with E-state index in [0.29, 0.717) is 11.6 Å². The van der Waals surface area contributed by atoms with Gasteiger partial charge in [0.2, 0.25) is 11.8 Å². The van der Waals surface area contributed by atoms with E-state index < -0.39 is 18.0 Å². The molecule has 0 aliphatic carbocycles. The van der Waals surface area contributed by atoms with E-state index >= 15 is 0 Å². The maximum absolute atomic E-state index is 11.6. The van der Waals surface area contributed by atoms with Gasteiger partial charge in [-0.25, -0.2) is 9.78 Å². The van der Waals surface area contributed by atoms with Crippen LogP contribution < -0.4 is 21.1 Å². The molecule has 0 radical (unpaired) electrons. The lowest BCUT2D eigenvalue weighted by Crippen LogP contribution is -2.43. The molecule has 1 atom stereocenters. The molecule has 0 aliphatic rings. The van der Waals surface area contributed by atoms with Gasteiger partial charge < -0.3 is 15.8 Å². The summed E-state index contributed by atoms with van der Waals surface area (Å²) in [5.41, 5.74) is 5.46. The number of rotatable bonds is 5. The summed E-state index contributed by atoms with van der Waals surface area (Å²) in [6.45, 7) is 5.35. The van der Waals surface area contributed by atoms with E-state index in [9.17, 15) is 9.59 Å². The van der Waals surface area contributed by atoms with Gasteiger partial charge in [-0.15, -0.1) is 0 Å². The SMILES string of the molecule is CC(C)Oc1ncccc1NC(C)C(=O)NC(N)=O. The molecule has 0 spiro atoms. The van der Waals surface area contributed by atoms with Crippen molar-refractivity contribution >= 4 is 17.6 Å². The van der Waals surface area contributed by atoms with Crippen LogP contribution in [0.5, 0.6) is 5.88 Å². The summed E-state index contributed by atoms with van der Waals surface area (Å²) in [5.74, 6) is -0.122. The molecule has 104 valence electrons. The topological polar surface area (TPSA) is 106 Å². The molecule has 4 N–H and O–H groups in total. The zero-order chi connectivity index (χ0) is 14.4. The van der Waals surface area contributed by atoms with Gasteiger partial charge in [0.15, 0.2) is 0 Å². The van der Waals surface area contributed by atoms with Crippen molar-refractivity contribution in [2.45, 2.75) is 32.9 Å². The van der Waals surface area contributed by atoms with Gasteiger partial charge in [0.25, 0.3) is 0 Å². The number of nitrogens with two attached hydrogens (primary N) is 1. The van der Waals surface area contributed by atoms with Gasteiger partial charge in [0.1, 0.15) is 6.04 Å². The number of carbonyl (C=O) groups is 2. The first-order chi connectivity index (χ1) is 8.90. The second-order valence-electron chi connectivity index (χ2n) is 4.24. The van der Waals surface area contributed by atoms with Crippen LogP contribution in [0.4, 0.5) is 10.5 Å². The van der Waals surface area contributed by atoms with E-state index in [4.69, 9.17) is 10.5 Å². The number of hydrogen-bond donors (Lipinski definition) is 3.